The highest BCUT2D eigenvalue weighted by atomic mass is 19.4. The van der Waals surface area contributed by atoms with Crippen LogP contribution in [0, 0.1) is 6.92 Å². The molecule has 118 valence electrons. The van der Waals surface area contributed by atoms with E-state index >= 15 is 0 Å². The van der Waals surface area contributed by atoms with E-state index in [1.54, 1.807) is 18.2 Å². The molecule has 0 amide bonds. The van der Waals surface area contributed by atoms with Crippen molar-refractivity contribution in [3.63, 3.8) is 0 Å². The standard InChI is InChI=1S/C17H17F3O2/c1-12-5-7-16(8-6-12)22-11-14(10-21)13-3-2-4-15(9-13)17(18,19)20/h2-9,14,21H,10-11H2,1H3. The Bertz CT molecular complexity index is 606. The lowest BCUT2D eigenvalue weighted by Gasteiger charge is -2.17. The second-order valence-electron chi connectivity index (χ2n) is 5.13. The number of aliphatic hydroxyl groups excluding tert-OH is 1. The molecule has 2 rings (SSSR count). The number of aryl methyl sites for hydroxylation is 1. The first-order valence-corrected chi connectivity index (χ1v) is 6.87. The Labute approximate surface area is 127 Å². The molecule has 2 aromatic carbocycles. The van der Waals surface area contributed by atoms with Crippen LogP contribution in [0.15, 0.2) is 48.5 Å². The molecule has 0 bridgehead atoms. The molecule has 0 heterocycles. The molecule has 5 heteroatoms. The minimum absolute atomic E-state index is 0.112. The SMILES string of the molecule is Cc1ccc(OCC(CO)c2cccc(C(F)(F)F)c2)cc1. The number of halogens is 3. The number of rotatable bonds is 5. The van der Waals surface area contributed by atoms with Crippen molar-refractivity contribution in [3.8, 4) is 5.75 Å². The fourth-order valence-corrected chi connectivity index (χ4v) is 2.05. The van der Waals surface area contributed by atoms with Crippen molar-refractivity contribution >= 4 is 0 Å². The van der Waals surface area contributed by atoms with Gasteiger partial charge in [-0.15, -0.1) is 0 Å². The Morgan fingerprint density at radius 1 is 1.09 bits per heavy atom. The van der Waals surface area contributed by atoms with Gasteiger partial charge in [0, 0.05) is 5.92 Å². The Kier molecular flexibility index (Phi) is 5.08. The summed E-state index contributed by atoms with van der Waals surface area (Å²) in [5.41, 5.74) is 0.771. The highest BCUT2D eigenvalue weighted by molar-refractivity contribution is 5.29. The third-order valence-electron chi connectivity index (χ3n) is 3.38. The van der Waals surface area contributed by atoms with Gasteiger partial charge in [0.05, 0.1) is 18.8 Å². The van der Waals surface area contributed by atoms with Crippen LogP contribution in [0.5, 0.6) is 5.75 Å². The van der Waals surface area contributed by atoms with Gasteiger partial charge in [-0.3, -0.25) is 0 Å². The largest absolute Gasteiger partial charge is 0.493 e. The first-order chi connectivity index (χ1) is 10.4. The van der Waals surface area contributed by atoms with Crippen LogP contribution in [0.4, 0.5) is 13.2 Å². The fraction of sp³-hybridized carbons (Fsp3) is 0.294. The zero-order valence-electron chi connectivity index (χ0n) is 12.1. The first-order valence-electron chi connectivity index (χ1n) is 6.87. The fourth-order valence-electron chi connectivity index (χ4n) is 2.05. The van der Waals surface area contributed by atoms with Gasteiger partial charge in [0.25, 0.3) is 0 Å². The molecular formula is C17H17F3O2. The van der Waals surface area contributed by atoms with Gasteiger partial charge < -0.3 is 9.84 Å². The summed E-state index contributed by atoms with van der Waals surface area (Å²) in [7, 11) is 0. The van der Waals surface area contributed by atoms with Crippen LogP contribution >= 0.6 is 0 Å². The minimum Gasteiger partial charge on any atom is -0.493 e. The third-order valence-corrected chi connectivity index (χ3v) is 3.38. The lowest BCUT2D eigenvalue weighted by Crippen LogP contribution is -2.15. The van der Waals surface area contributed by atoms with Crippen molar-refractivity contribution in [2.45, 2.75) is 19.0 Å². The van der Waals surface area contributed by atoms with Crippen molar-refractivity contribution < 1.29 is 23.0 Å². The molecule has 0 radical (unpaired) electrons. The molecule has 1 atom stereocenters. The summed E-state index contributed by atoms with van der Waals surface area (Å²) in [6.45, 7) is 1.77. The van der Waals surface area contributed by atoms with Crippen LogP contribution < -0.4 is 4.74 Å². The summed E-state index contributed by atoms with van der Waals surface area (Å²) in [5.74, 6) is 0.111. The molecule has 0 saturated carbocycles. The minimum atomic E-state index is -4.40. The van der Waals surface area contributed by atoms with Gasteiger partial charge in [0.15, 0.2) is 0 Å². The maximum Gasteiger partial charge on any atom is 0.416 e. The van der Waals surface area contributed by atoms with E-state index < -0.39 is 17.7 Å². The van der Waals surface area contributed by atoms with Crippen molar-refractivity contribution in [1.82, 2.24) is 0 Å². The molecule has 2 nitrogen and oxygen atoms in total. The second-order valence-corrected chi connectivity index (χ2v) is 5.13. The van der Waals surface area contributed by atoms with E-state index in [0.717, 1.165) is 17.7 Å². The van der Waals surface area contributed by atoms with E-state index in [1.807, 2.05) is 19.1 Å². The van der Waals surface area contributed by atoms with E-state index in [1.165, 1.54) is 6.07 Å². The zero-order valence-corrected chi connectivity index (χ0v) is 12.1. The van der Waals surface area contributed by atoms with Crippen LogP contribution in [0.1, 0.15) is 22.6 Å². The molecule has 0 fully saturated rings. The van der Waals surface area contributed by atoms with Crippen LogP contribution in [-0.4, -0.2) is 18.3 Å². The summed E-state index contributed by atoms with van der Waals surface area (Å²) in [5, 5.41) is 9.43. The predicted octanol–water partition coefficient (Wildman–Crippen LogP) is 4.17. The Balaban J connectivity index is 2.09. The van der Waals surface area contributed by atoms with Crippen LogP contribution in [-0.2, 0) is 6.18 Å². The van der Waals surface area contributed by atoms with E-state index in [-0.39, 0.29) is 13.2 Å². The highest BCUT2D eigenvalue weighted by Crippen LogP contribution is 2.31. The monoisotopic (exact) mass is 310 g/mol. The van der Waals surface area contributed by atoms with Gasteiger partial charge in [0.2, 0.25) is 0 Å². The van der Waals surface area contributed by atoms with E-state index in [2.05, 4.69) is 0 Å². The van der Waals surface area contributed by atoms with E-state index in [4.69, 9.17) is 4.74 Å². The number of ether oxygens (including phenoxy) is 1. The topological polar surface area (TPSA) is 29.5 Å². The van der Waals surface area contributed by atoms with Gasteiger partial charge in [0.1, 0.15) is 5.75 Å². The molecule has 1 N–H and O–H groups in total. The average molecular weight is 310 g/mol. The third kappa shape index (κ3) is 4.24. The normalized spacial score (nSPS) is 13.0. The Morgan fingerprint density at radius 3 is 2.36 bits per heavy atom. The van der Waals surface area contributed by atoms with Crippen LogP contribution in [0.3, 0.4) is 0 Å². The molecule has 0 saturated heterocycles. The molecule has 1 unspecified atom stereocenters. The van der Waals surface area contributed by atoms with Crippen molar-refractivity contribution in [3.05, 3.63) is 65.2 Å². The maximum absolute atomic E-state index is 12.7. The first kappa shape index (κ1) is 16.4. The highest BCUT2D eigenvalue weighted by Gasteiger charge is 2.31. The summed E-state index contributed by atoms with van der Waals surface area (Å²) in [4.78, 5) is 0. The van der Waals surface area contributed by atoms with Gasteiger partial charge in [-0.2, -0.15) is 13.2 Å². The number of aliphatic hydroxyl groups is 1. The summed E-state index contributed by atoms with van der Waals surface area (Å²) < 4.78 is 43.7. The predicted molar refractivity (Wildman–Crippen MR) is 77.9 cm³/mol. The molecule has 0 aliphatic rings. The lowest BCUT2D eigenvalue weighted by molar-refractivity contribution is -0.137. The molecule has 22 heavy (non-hydrogen) atoms. The Morgan fingerprint density at radius 2 is 1.77 bits per heavy atom. The van der Waals surface area contributed by atoms with Gasteiger partial charge in [-0.25, -0.2) is 0 Å². The second kappa shape index (κ2) is 6.83. The number of alkyl halides is 3. The maximum atomic E-state index is 12.7. The molecule has 0 aromatic heterocycles. The average Bonchev–Trinajstić information content (AvgIpc) is 2.49. The quantitative estimate of drug-likeness (QED) is 0.898. The summed E-state index contributed by atoms with van der Waals surface area (Å²) in [6, 6.07) is 12.3. The summed E-state index contributed by atoms with van der Waals surface area (Å²) in [6.07, 6.45) is -4.40. The van der Waals surface area contributed by atoms with Crippen molar-refractivity contribution in [2.24, 2.45) is 0 Å². The van der Waals surface area contributed by atoms with E-state index in [0.29, 0.717) is 11.3 Å². The van der Waals surface area contributed by atoms with Crippen molar-refractivity contribution in [1.29, 1.82) is 0 Å². The van der Waals surface area contributed by atoms with Crippen LogP contribution in [0.2, 0.25) is 0 Å². The smallest absolute Gasteiger partial charge is 0.416 e. The Hall–Kier alpha value is -2.01. The summed E-state index contributed by atoms with van der Waals surface area (Å²) >= 11 is 0. The van der Waals surface area contributed by atoms with Gasteiger partial charge in [-0.1, -0.05) is 35.9 Å². The van der Waals surface area contributed by atoms with Crippen molar-refractivity contribution in [2.75, 3.05) is 13.2 Å². The number of hydrogen-bond acceptors (Lipinski definition) is 2. The van der Waals surface area contributed by atoms with Gasteiger partial charge >= 0.3 is 6.18 Å². The zero-order chi connectivity index (χ0) is 16.2. The molecule has 0 aliphatic heterocycles. The molecule has 0 spiro atoms. The molecule has 0 aliphatic carbocycles. The lowest BCUT2D eigenvalue weighted by atomic mass is 9.98. The van der Waals surface area contributed by atoms with Crippen LogP contribution in [0.25, 0.3) is 0 Å². The molecular weight excluding hydrogens is 293 g/mol. The number of hydrogen-bond donors (Lipinski definition) is 1. The van der Waals surface area contributed by atoms with E-state index in [9.17, 15) is 18.3 Å². The molecule has 2 aromatic rings. The van der Waals surface area contributed by atoms with Gasteiger partial charge in [-0.05, 0) is 30.7 Å². The number of benzene rings is 2.